The number of aromatic nitrogens is 2. The summed E-state index contributed by atoms with van der Waals surface area (Å²) < 4.78 is 38.2. The lowest BCUT2D eigenvalue weighted by Gasteiger charge is -2.13. The molecule has 1 aromatic carbocycles. The molecule has 0 aliphatic heterocycles. The van der Waals surface area contributed by atoms with Crippen molar-refractivity contribution in [3.63, 3.8) is 0 Å². The molecule has 21 heavy (non-hydrogen) atoms. The quantitative estimate of drug-likeness (QED) is 0.584. The maximum atomic E-state index is 14.1. The molecule has 0 saturated heterocycles. The minimum absolute atomic E-state index is 0.0825. The van der Waals surface area contributed by atoms with Gasteiger partial charge in [-0.15, -0.1) is 0 Å². The lowest BCUT2D eigenvalue weighted by atomic mass is 10.2. The predicted octanol–water partition coefficient (Wildman–Crippen LogP) is 3.89. The van der Waals surface area contributed by atoms with Crippen LogP contribution in [0.4, 0.5) is 8.78 Å². The van der Waals surface area contributed by atoms with Gasteiger partial charge in [0.25, 0.3) is 0 Å². The third-order valence-corrected chi connectivity index (χ3v) is 3.42. The first-order valence-corrected chi connectivity index (χ1v) is 7.26. The number of benzene rings is 1. The van der Waals surface area contributed by atoms with Crippen molar-refractivity contribution in [3.8, 4) is 11.5 Å². The molecule has 2 aromatic rings. The number of ether oxygens (including phenoxy) is 2. The van der Waals surface area contributed by atoms with Crippen LogP contribution in [0.1, 0.15) is 11.1 Å². The minimum atomic E-state index is -0.894. The summed E-state index contributed by atoms with van der Waals surface area (Å²) in [5.74, 6) is -2.26. The minimum Gasteiger partial charge on any atom is -0.494 e. The molecule has 0 fully saturated rings. The molecule has 112 valence electrons. The summed E-state index contributed by atoms with van der Waals surface area (Å²) in [7, 11) is 1.30. The van der Waals surface area contributed by atoms with Gasteiger partial charge >= 0.3 is 0 Å². The molecule has 8 heteroatoms. The van der Waals surface area contributed by atoms with Crippen LogP contribution in [0.5, 0.6) is 11.5 Å². The van der Waals surface area contributed by atoms with E-state index in [1.807, 2.05) is 0 Å². The lowest BCUT2D eigenvalue weighted by Crippen LogP contribution is -2.04. The average Bonchev–Trinajstić information content (AvgIpc) is 2.49. The van der Waals surface area contributed by atoms with Gasteiger partial charge < -0.3 is 9.47 Å². The van der Waals surface area contributed by atoms with E-state index in [0.29, 0.717) is 5.56 Å². The second kappa shape index (κ2) is 7.00. The van der Waals surface area contributed by atoms with E-state index >= 15 is 0 Å². The Morgan fingerprint density at radius 2 is 1.90 bits per heavy atom. The Bertz CT molecular complexity index is 613. The van der Waals surface area contributed by atoms with Crippen molar-refractivity contribution in [2.45, 2.75) is 11.9 Å². The molecule has 0 aliphatic rings. The van der Waals surface area contributed by atoms with Crippen LogP contribution in [0.25, 0.3) is 0 Å². The van der Waals surface area contributed by atoms with Crippen molar-refractivity contribution in [2.75, 3.05) is 7.11 Å². The molecular weight excluding hydrogens is 370 g/mol. The standard InChI is InChI=1S/C13H10BrClF2N2O2/c1-20-9-2-8(3-14)10(16)12(11(9)17)21-6-7-4-18-13(15)19-5-7/h2,4-5H,3,6H2,1H3. The van der Waals surface area contributed by atoms with Crippen LogP contribution < -0.4 is 9.47 Å². The van der Waals surface area contributed by atoms with Gasteiger partial charge in [0.1, 0.15) is 6.61 Å². The molecule has 0 saturated carbocycles. The summed E-state index contributed by atoms with van der Waals surface area (Å²) in [5, 5.41) is 0.287. The van der Waals surface area contributed by atoms with E-state index < -0.39 is 17.4 Å². The fourth-order valence-corrected chi connectivity index (χ4v) is 2.09. The predicted molar refractivity (Wildman–Crippen MR) is 76.9 cm³/mol. The van der Waals surface area contributed by atoms with E-state index in [2.05, 4.69) is 25.9 Å². The van der Waals surface area contributed by atoms with Crippen LogP contribution in [0.2, 0.25) is 5.28 Å². The maximum absolute atomic E-state index is 14.1. The SMILES string of the molecule is COc1cc(CBr)c(F)c(OCc2cnc(Cl)nc2)c1F. The molecule has 0 aliphatic carbocycles. The van der Waals surface area contributed by atoms with Gasteiger partial charge in [0, 0.05) is 28.9 Å². The first-order chi connectivity index (χ1) is 10.1. The van der Waals surface area contributed by atoms with Crippen molar-refractivity contribution in [1.29, 1.82) is 0 Å². The van der Waals surface area contributed by atoms with E-state index in [1.165, 1.54) is 25.6 Å². The number of rotatable bonds is 5. The van der Waals surface area contributed by atoms with Crippen LogP contribution >= 0.6 is 27.5 Å². The molecule has 0 radical (unpaired) electrons. The highest BCUT2D eigenvalue weighted by Gasteiger charge is 2.20. The molecule has 0 spiro atoms. The number of hydrogen-bond acceptors (Lipinski definition) is 4. The summed E-state index contributed by atoms with van der Waals surface area (Å²) in [6.45, 7) is -0.0973. The Morgan fingerprint density at radius 1 is 1.24 bits per heavy atom. The molecule has 4 nitrogen and oxygen atoms in total. The number of alkyl halides is 1. The maximum Gasteiger partial charge on any atom is 0.222 e. The highest BCUT2D eigenvalue weighted by molar-refractivity contribution is 9.08. The molecule has 0 bridgehead atoms. The lowest BCUT2D eigenvalue weighted by molar-refractivity contribution is 0.265. The number of nitrogens with zero attached hydrogens (tertiary/aromatic N) is 2. The van der Waals surface area contributed by atoms with Crippen molar-refractivity contribution in [2.24, 2.45) is 0 Å². The number of halogens is 4. The highest BCUT2D eigenvalue weighted by atomic mass is 79.9. The Balaban J connectivity index is 2.28. The zero-order valence-electron chi connectivity index (χ0n) is 10.9. The summed E-state index contributed by atoms with van der Waals surface area (Å²) in [6, 6.07) is 1.28. The van der Waals surface area contributed by atoms with Crippen LogP contribution in [-0.2, 0) is 11.9 Å². The summed E-state index contributed by atoms with van der Waals surface area (Å²) >= 11 is 8.68. The van der Waals surface area contributed by atoms with Crippen molar-refractivity contribution in [3.05, 3.63) is 46.5 Å². The molecular formula is C13H10BrClF2N2O2. The smallest absolute Gasteiger partial charge is 0.222 e. The fraction of sp³-hybridized carbons (Fsp3) is 0.231. The Labute approximate surface area is 133 Å². The van der Waals surface area contributed by atoms with Crippen molar-refractivity contribution < 1.29 is 18.3 Å². The number of methoxy groups -OCH3 is 1. The van der Waals surface area contributed by atoms with Gasteiger partial charge in [-0.3, -0.25) is 0 Å². The van der Waals surface area contributed by atoms with E-state index in [4.69, 9.17) is 21.1 Å². The normalized spacial score (nSPS) is 10.5. The molecule has 2 rings (SSSR count). The van der Waals surface area contributed by atoms with Crippen LogP contribution in [-0.4, -0.2) is 17.1 Å². The van der Waals surface area contributed by atoms with E-state index in [-0.39, 0.29) is 28.5 Å². The molecule has 1 heterocycles. The van der Waals surface area contributed by atoms with E-state index in [9.17, 15) is 8.78 Å². The van der Waals surface area contributed by atoms with Gasteiger partial charge in [0.15, 0.2) is 17.3 Å². The van der Waals surface area contributed by atoms with Gasteiger partial charge in [-0.2, -0.15) is 4.39 Å². The van der Waals surface area contributed by atoms with Crippen LogP contribution in [0.3, 0.4) is 0 Å². The van der Waals surface area contributed by atoms with Gasteiger partial charge in [0.05, 0.1) is 7.11 Å². The zero-order chi connectivity index (χ0) is 15.4. The molecule has 0 unspecified atom stereocenters. The first-order valence-electron chi connectivity index (χ1n) is 5.76. The van der Waals surface area contributed by atoms with Gasteiger partial charge in [-0.05, 0) is 17.7 Å². The largest absolute Gasteiger partial charge is 0.494 e. The van der Waals surface area contributed by atoms with Crippen LogP contribution in [0, 0.1) is 11.6 Å². The Kier molecular flexibility index (Phi) is 5.30. The van der Waals surface area contributed by atoms with Crippen molar-refractivity contribution >= 4 is 27.5 Å². The van der Waals surface area contributed by atoms with Crippen LogP contribution in [0.15, 0.2) is 18.5 Å². The van der Waals surface area contributed by atoms with E-state index in [1.54, 1.807) is 0 Å². The third kappa shape index (κ3) is 3.59. The summed E-state index contributed by atoms with van der Waals surface area (Å²) in [5.41, 5.74) is 0.761. The number of hydrogen-bond donors (Lipinski definition) is 0. The average molecular weight is 380 g/mol. The van der Waals surface area contributed by atoms with Gasteiger partial charge in [-0.1, -0.05) is 15.9 Å². The summed E-state index contributed by atoms with van der Waals surface area (Å²) in [4.78, 5) is 7.52. The molecule has 0 N–H and O–H groups in total. The second-order valence-corrected chi connectivity index (χ2v) is 4.88. The third-order valence-electron chi connectivity index (χ3n) is 2.62. The van der Waals surface area contributed by atoms with Gasteiger partial charge in [0.2, 0.25) is 11.1 Å². The molecule has 1 aromatic heterocycles. The first kappa shape index (κ1) is 15.9. The zero-order valence-corrected chi connectivity index (χ0v) is 13.2. The second-order valence-electron chi connectivity index (χ2n) is 3.98. The van der Waals surface area contributed by atoms with Crippen molar-refractivity contribution in [1.82, 2.24) is 9.97 Å². The Hall–Kier alpha value is -1.47. The van der Waals surface area contributed by atoms with Gasteiger partial charge in [-0.25, -0.2) is 14.4 Å². The topological polar surface area (TPSA) is 44.2 Å². The molecule has 0 amide bonds. The fourth-order valence-electron chi connectivity index (χ4n) is 1.58. The monoisotopic (exact) mass is 378 g/mol. The highest BCUT2D eigenvalue weighted by Crippen LogP contribution is 2.33. The molecule has 0 atom stereocenters. The Morgan fingerprint density at radius 3 is 2.48 bits per heavy atom. The summed E-state index contributed by atoms with van der Waals surface area (Å²) in [6.07, 6.45) is 2.83. The van der Waals surface area contributed by atoms with E-state index in [0.717, 1.165) is 0 Å².